The summed E-state index contributed by atoms with van der Waals surface area (Å²) in [7, 11) is 4.09. The lowest BCUT2D eigenvalue weighted by Crippen LogP contribution is -2.55. The zero-order valence-corrected chi connectivity index (χ0v) is 10.9. The van der Waals surface area contributed by atoms with Crippen LogP contribution in [0.1, 0.15) is 13.8 Å². The van der Waals surface area contributed by atoms with Crippen molar-refractivity contribution in [1.82, 2.24) is 19.8 Å². The average molecular weight is 228 g/mol. The number of amides is 2. The maximum Gasteiger partial charge on any atom is 0.320 e. The lowest BCUT2D eigenvalue weighted by molar-refractivity contribution is -0.0126. The summed E-state index contributed by atoms with van der Waals surface area (Å²) in [5.41, 5.74) is 0. The molecule has 1 saturated heterocycles. The Morgan fingerprint density at radius 3 is 1.94 bits per heavy atom. The molecule has 1 heterocycles. The van der Waals surface area contributed by atoms with Crippen LogP contribution in [-0.4, -0.2) is 79.2 Å². The summed E-state index contributed by atoms with van der Waals surface area (Å²) in [6.07, 6.45) is 0. The van der Waals surface area contributed by atoms with Gasteiger partial charge in [0.15, 0.2) is 0 Å². The van der Waals surface area contributed by atoms with Crippen LogP contribution >= 0.6 is 0 Å². The smallest absolute Gasteiger partial charge is 0.320 e. The number of hydrazine groups is 1. The Balaban J connectivity index is 2.44. The number of urea groups is 1. The molecule has 2 amide bonds. The van der Waals surface area contributed by atoms with Gasteiger partial charge < -0.3 is 9.80 Å². The quantitative estimate of drug-likeness (QED) is 0.706. The Kier molecular flexibility index (Phi) is 5.02. The Labute approximate surface area is 98.6 Å². The second kappa shape index (κ2) is 6.06. The van der Waals surface area contributed by atoms with Crippen molar-refractivity contribution in [2.75, 3.05) is 53.4 Å². The highest BCUT2D eigenvalue weighted by Crippen LogP contribution is 2.06. The molecule has 0 aromatic rings. The van der Waals surface area contributed by atoms with Crippen LogP contribution in [0.25, 0.3) is 0 Å². The molecule has 0 radical (unpaired) electrons. The molecule has 5 heteroatoms. The van der Waals surface area contributed by atoms with E-state index in [0.29, 0.717) is 0 Å². The third-order valence-corrected chi connectivity index (χ3v) is 3.13. The molecule has 0 N–H and O–H groups in total. The summed E-state index contributed by atoms with van der Waals surface area (Å²) in [5, 5.41) is 4.35. The van der Waals surface area contributed by atoms with Gasteiger partial charge in [-0.1, -0.05) is 0 Å². The minimum atomic E-state index is 0.184. The molecule has 0 aliphatic carbocycles. The molecule has 94 valence electrons. The summed E-state index contributed by atoms with van der Waals surface area (Å²) < 4.78 is 0. The lowest BCUT2D eigenvalue weighted by atomic mass is 10.3. The molecule has 0 saturated carbocycles. The zero-order chi connectivity index (χ0) is 12.1. The number of carbonyl (C=O) groups is 1. The largest absolute Gasteiger partial charge is 0.325 e. The first kappa shape index (κ1) is 13.3. The number of hydrogen-bond donors (Lipinski definition) is 0. The van der Waals surface area contributed by atoms with E-state index >= 15 is 0 Å². The van der Waals surface area contributed by atoms with Crippen LogP contribution in [-0.2, 0) is 0 Å². The highest BCUT2D eigenvalue weighted by molar-refractivity contribution is 5.74. The van der Waals surface area contributed by atoms with Crippen molar-refractivity contribution >= 4 is 6.03 Å². The average Bonchev–Trinajstić information content (AvgIpc) is 2.30. The van der Waals surface area contributed by atoms with Gasteiger partial charge in [-0.2, -0.15) is 0 Å². The van der Waals surface area contributed by atoms with E-state index in [-0.39, 0.29) is 6.03 Å². The molecule has 0 aromatic heterocycles. The van der Waals surface area contributed by atoms with E-state index in [0.717, 1.165) is 39.3 Å². The summed E-state index contributed by atoms with van der Waals surface area (Å²) in [6, 6.07) is 0.184. The molecule has 0 unspecified atom stereocenters. The van der Waals surface area contributed by atoms with Gasteiger partial charge >= 0.3 is 6.03 Å². The van der Waals surface area contributed by atoms with Gasteiger partial charge in [-0.3, -0.25) is 0 Å². The third-order valence-electron chi connectivity index (χ3n) is 3.13. The Morgan fingerprint density at radius 2 is 1.56 bits per heavy atom. The van der Waals surface area contributed by atoms with E-state index in [4.69, 9.17) is 0 Å². The van der Waals surface area contributed by atoms with E-state index < -0.39 is 0 Å². The number of rotatable bonds is 3. The molecule has 0 spiro atoms. The Morgan fingerprint density at radius 1 is 1.06 bits per heavy atom. The van der Waals surface area contributed by atoms with Crippen LogP contribution < -0.4 is 0 Å². The SMILES string of the molecule is CCN(CC)C(=O)N1CCN(N(C)C)CC1. The van der Waals surface area contributed by atoms with Gasteiger partial charge in [0, 0.05) is 53.4 Å². The van der Waals surface area contributed by atoms with Crippen LogP contribution in [0.2, 0.25) is 0 Å². The summed E-state index contributed by atoms with van der Waals surface area (Å²) >= 11 is 0. The summed E-state index contributed by atoms with van der Waals surface area (Å²) in [4.78, 5) is 15.9. The maximum atomic E-state index is 12.1. The van der Waals surface area contributed by atoms with Gasteiger partial charge in [0.2, 0.25) is 0 Å². The van der Waals surface area contributed by atoms with Crippen molar-refractivity contribution in [3.8, 4) is 0 Å². The van der Waals surface area contributed by atoms with Crippen molar-refractivity contribution in [2.24, 2.45) is 0 Å². The topological polar surface area (TPSA) is 30.0 Å². The first-order valence-electron chi connectivity index (χ1n) is 6.06. The van der Waals surface area contributed by atoms with Crippen LogP contribution in [0.4, 0.5) is 4.79 Å². The summed E-state index contributed by atoms with van der Waals surface area (Å²) in [6.45, 7) is 9.16. The zero-order valence-electron chi connectivity index (χ0n) is 10.9. The number of nitrogens with zero attached hydrogens (tertiary/aromatic N) is 4. The van der Waals surface area contributed by atoms with Crippen molar-refractivity contribution in [3.05, 3.63) is 0 Å². The molecule has 1 rings (SSSR count). The van der Waals surface area contributed by atoms with E-state index in [2.05, 4.69) is 10.0 Å². The fraction of sp³-hybridized carbons (Fsp3) is 0.909. The van der Waals surface area contributed by atoms with Gasteiger partial charge in [-0.05, 0) is 13.8 Å². The van der Waals surface area contributed by atoms with Crippen molar-refractivity contribution in [1.29, 1.82) is 0 Å². The molecule has 1 aliphatic rings. The monoisotopic (exact) mass is 228 g/mol. The molecular formula is C11H24N4O. The second-order valence-electron chi connectivity index (χ2n) is 4.24. The third kappa shape index (κ3) is 3.09. The van der Waals surface area contributed by atoms with Crippen molar-refractivity contribution < 1.29 is 4.79 Å². The molecule has 5 nitrogen and oxygen atoms in total. The number of hydrogen-bond acceptors (Lipinski definition) is 3. The molecule has 0 bridgehead atoms. The second-order valence-corrected chi connectivity index (χ2v) is 4.24. The highest BCUT2D eigenvalue weighted by Gasteiger charge is 2.24. The molecule has 1 aliphatic heterocycles. The standard InChI is InChI=1S/C11H24N4O/c1-5-13(6-2)11(16)14-7-9-15(10-8-14)12(3)4/h5-10H2,1-4H3. The molecular weight excluding hydrogens is 204 g/mol. The van der Waals surface area contributed by atoms with Crippen LogP contribution in [0.3, 0.4) is 0 Å². The van der Waals surface area contributed by atoms with E-state index in [1.165, 1.54) is 0 Å². The fourth-order valence-corrected chi connectivity index (χ4v) is 1.98. The molecule has 1 fully saturated rings. The predicted molar refractivity (Wildman–Crippen MR) is 65.2 cm³/mol. The lowest BCUT2D eigenvalue weighted by Gasteiger charge is -2.39. The Hall–Kier alpha value is -0.810. The van der Waals surface area contributed by atoms with Crippen LogP contribution in [0.15, 0.2) is 0 Å². The summed E-state index contributed by atoms with van der Waals surface area (Å²) in [5.74, 6) is 0. The first-order valence-corrected chi connectivity index (χ1v) is 6.06. The van der Waals surface area contributed by atoms with Crippen molar-refractivity contribution in [2.45, 2.75) is 13.8 Å². The normalized spacial score (nSPS) is 17.9. The van der Waals surface area contributed by atoms with Gasteiger partial charge in [0.1, 0.15) is 0 Å². The fourth-order valence-electron chi connectivity index (χ4n) is 1.98. The predicted octanol–water partition coefficient (Wildman–Crippen LogP) is 0.542. The van der Waals surface area contributed by atoms with Crippen LogP contribution in [0.5, 0.6) is 0 Å². The Bertz CT molecular complexity index is 220. The van der Waals surface area contributed by atoms with Gasteiger partial charge in [-0.25, -0.2) is 14.8 Å². The van der Waals surface area contributed by atoms with Crippen LogP contribution in [0, 0.1) is 0 Å². The van der Waals surface area contributed by atoms with E-state index in [1.54, 1.807) is 0 Å². The van der Waals surface area contributed by atoms with Gasteiger partial charge in [0.05, 0.1) is 0 Å². The molecule has 0 aromatic carbocycles. The maximum absolute atomic E-state index is 12.1. The molecule has 0 atom stereocenters. The first-order chi connectivity index (χ1) is 7.60. The van der Waals surface area contributed by atoms with E-state index in [1.807, 2.05) is 37.7 Å². The number of carbonyl (C=O) groups excluding carboxylic acids is 1. The van der Waals surface area contributed by atoms with Gasteiger partial charge in [-0.15, -0.1) is 0 Å². The van der Waals surface area contributed by atoms with E-state index in [9.17, 15) is 4.79 Å². The van der Waals surface area contributed by atoms with Gasteiger partial charge in [0.25, 0.3) is 0 Å². The number of piperazine rings is 1. The van der Waals surface area contributed by atoms with Crippen molar-refractivity contribution in [3.63, 3.8) is 0 Å². The molecule has 16 heavy (non-hydrogen) atoms. The minimum Gasteiger partial charge on any atom is -0.325 e. The highest BCUT2D eigenvalue weighted by atomic mass is 16.2. The minimum absolute atomic E-state index is 0.184.